The van der Waals surface area contributed by atoms with Gasteiger partial charge in [0.15, 0.2) is 0 Å². The van der Waals surface area contributed by atoms with Crippen LogP contribution in [-0.4, -0.2) is 17.5 Å². The summed E-state index contributed by atoms with van der Waals surface area (Å²) in [6.07, 6.45) is 1.35. The van der Waals surface area contributed by atoms with Gasteiger partial charge in [0.2, 0.25) is 5.91 Å². The van der Waals surface area contributed by atoms with Crippen molar-refractivity contribution in [3.05, 3.63) is 0 Å². The second kappa shape index (κ2) is 4.97. The lowest BCUT2D eigenvalue weighted by Crippen LogP contribution is -2.47. The molecule has 0 fully saturated rings. The standard InChI is InChI=1S/C12H26N2O/c1-9(13)7-10(15)14-12(5,6)8-11(2,3)4/h9H,7-8,13H2,1-6H3,(H,14,15). The molecule has 3 nitrogen and oxygen atoms in total. The first-order chi connectivity index (χ1) is 6.52. The molecular weight excluding hydrogens is 188 g/mol. The van der Waals surface area contributed by atoms with Crippen LogP contribution in [-0.2, 0) is 4.79 Å². The van der Waals surface area contributed by atoms with Crippen molar-refractivity contribution in [2.75, 3.05) is 0 Å². The summed E-state index contributed by atoms with van der Waals surface area (Å²) in [6, 6.07) is -0.0737. The Labute approximate surface area is 93.8 Å². The van der Waals surface area contributed by atoms with E-state index >= 15 is 0 Å². The third-order valence-electron chi connectivity index (χ3n) is 1.96. The Morgan fingerprint density at radius 2 is 1.73 bits per heavy atom. The SMILES string of the molecule is CC(N)CC(=O)NC(C)(C)CC(C)(C)C. The molecule has 1 amide bonds. The lowest BCUT2D eigenvalue weighted by atomic mass is 9.81. The van der Waals surface area contributed by atoms with Gasteiger partial charge >= 0.3 is 0 Å². The van der Waals surface area contributed by atoms with E-state index in [0.29, 0.717) is 6.42 Å². The van der Waals surface area contributed by atoms with Crippen LogP contribution in [0.25, 0.3) is 0 Å². The van der Waals surface area contributed by atoms with Crippen LogP contribution < -0.4 is 11.1 Å². The van der Waals surface area contributed by atoms with Gasteiger partial charge in [-0.1, -0.05) is 20.8 Å². The second-order valence-electron chi connectivity index (χ2n) is 6.35. The molecule has 15 heavy (non-hydrogen) atoms. The minimum absolute atomic E-state index is 0.0410. The van der Waals surface area contributed by atoms with Gasteiger partial charge in [0, 0.05) is 18.0 Å². The van der Waals surface area contributed by atoms with Gasteiger partial charge in [-0.3, -0.25) is 4.79 Å². The van der Waals surface area contributed by atoms with Crippen molar-refractivity contribution >= 4 is 5.91 Å². The van der Waals surface area contributed by atoms with Gasteiger partial charge in [0.05, 0.1) is 0 Å². The fourth-order valence-corrected chi connectivity index (χ4v) is 2.09. The molecule has 0 spiro atoms. The van der Waals surface area contributed by atoms with E-state index in [1.165, 1.54) is 0 Å². The predicted octanol–water partition coefficient (Wildman–Crippen LogP) is 2.05. The van der Waals surface area contributed by atoms with Crippen molar-refractivity contribution in [1.82, 2.24) is 5.32 Å². The van der Waals surface area contributed by atoms with Crippen LogP contribution in [0.5, 0.6) is 0 Å². The molecule has 0 aromatic carbocycles. The topological polar surface area (TPSA) is 55.1 Å². The van der Waals surface area contributed by atoms with Crippen molar-refractivity contribution in [3.63, 3.8) is 0 Å². The zero-order valence-corrected chi connectivity index (χ0v) is 11.0. The number of carbonyl (C=O) groups excluding carboxylic acids is 1. The van der Waals surface area contributed by atoms with E-state index in [-0.39, 0.29) is 22.9 Å². The fourth-order valence-electron chi connectivity index (χ4n) is 2.09. The number of nitrogens with one attached hydrogen (secondary N) is 1. The minimum atomic E-state index is -0.162. The molecule has 1 unspecified atom stereocenters. The van der Waals surface area contributed by atoms with Crippen LogP contribution >= 0.6 is 0 Å². The lowest BCUT2D eigenvalue weighted by molar-refractivity contribution is -0.123. The largest absolute Gasteiger partial charge is 0.351 e. The molecule has 0 aliphatic rings. The van der Waals surface area contributed by atoms with Crippen molar-refractivity contribution in [2.45, 2.75) is 66.0 Å². The molecule has 0 aromatic rings. The Hall–Kier alpha value is -0.570. The molecule has 0 aromatic heterocycles. The van der Waals surface area contributed by atoms with Gasteiger partial charge in [0.1, 0.15) is 0 Å². The number of hydrogen-bond acceptors (Lipinski definition) is 2. The molecule has 0 bridgehead atoms. The lowest BCUT2D eigenvalue weighted by Gasteiger charge is -2.33. The highest BCUT2D eigenvalue weighted by atomic mass is 16.1. The van der Waals surface area contributed by atoms with E-state index in [2.05, 4.69) is 39.9 Å². The van der Waals surface area contributed by atoms with E-state index < -0.39 is 0 Å². The summed E-state index contributed by atoms with van der Waals surface area (Å²) >= 11 is 0. The summed E-state index contributed by atoms with van der Waals surface area (Å²) in [6.45, 7) is 12.5. The summed E-state index contributed by atoms with van der Waals surface area (Å²) in [7, 11) is 0. The Kier molecular flexibility index (Phi) is 4.78. The Morgan fingerprint density at radius 1 is 1.27 bits per heavy atom. The highest BCUT2D eigenvalue weighted by Crippen LogP contribution is 2.26. The summed E-state index contributed by atoms with van der Waals surface area (Å²) in [5.41, 5.74) is 5.63. The highest BCUT2D eigenvalue weighted by Gasteiger charge is 2.26. The number of hydrogen-bond donors (Lipinski definition) is 2. The predicted molar refractivity (Wildman–Crippen MR) is 64.6 cm³/mol. The van der Waals surface area contributed by atoms with Crippen LogP contribution in [0.2, 0.25) is 0 Å². The molecule has 0 heterocycles. The normalized spacial score (nSPS) is 14.9. The fraction of sp³-hybridized carbons (Fsp3) is 0.917. The Balaban J connectivity index is 4.19. The van der Waals surface area contributed by atoms with Crippen LogP contribution in [0.15, 0.2) is 0 Å². The summed E-state index contributed by atoms with van der Waals surface area (Å²) in [5, 5.41) is 3.03. The highest BCUT2D eigenvalue weighted by molar-refractivity contribution is 5.77. The molecule has 0 aliphatic carbocycles. The van der Waals surface area contributed by atoms with Crippen molar-refractivity contribution < 1.29 is 4.79 Å². The van der Waals surface area contributed by atoms with Crippen molar-refractivity contribution in [1.29, 1.82) is 0 Å². The van der Waals surface area contributed by atoms with Crippen LogP contribution in [0.1, 0.15) is 54.4 Å². The molecule has 0 saturated carbocycles. The number of rotatable bonds is 4. The van der Waals surface area contributed by atoms with E-state index in [1.54, 1.807) is 0 Å². The van der Waals surface area contributed by atoms with Gasteiger partial charge in [-0.2, -0.15) is 0 Å². The molecule has 90 valence electrons. The van der Waals surface area contributed by atoms with Crippen LogP contribution in [0.3, 0.4) is 0 Å². The van der Waals surface area contributed by atoms with Crippen molar-refractivity contribution in [3.8, 4) is 0 Å². The monoisotopic (exact) mass is 214 g/mol. The molecule has 0 radical (unpaired) electrons. The number of nitrogens with two attached hydrogens (primary N) is 1. The van der Waals surface area contributed by atoms with E-state index in [4.69, 9.17) is 5.73 Å². The zero-order valence-electron chi connectivity index (χ0n) is 11.0. The Morgan fingerprint density at radius 3 is 2.07 bits per heavy atom. The molecule has 1 atom stereocenters. The maximum absolute atomic E-state index is 11.6. The van der Waals surface area contributed by atoms with Crippen LogP contribution in [0.4, 0.5) is 0 Å². The first kappa shape index (κ1) is 14.4. The Bertz CT molecular complexity index is 214. The molecule has 3 N–H and O–H groups in total. The third-order valence-corrected chi connectivity index (χ3v) is 1.96. The van der Waals surface area contributed by atoms with E-state index in [9.17, 15) is 4.79 Å². The molecule has 3 heteroatoms. The molecular formula is C12H26N2O. The maximum atomic E-state index is 11.6. The zero-order chi connectivity index (χ0) is 12.3. The molecule has 0 saturated heterocycles. The van der Waals surface area contributed by atoms with Crippen molar-refractivity contribution in [2.24, 2.45) is 11.1 Å². The van der Waals surface area contributed by atoms with Gasteiger partial charge < -0.3 is 11.1 Å². The van der Waals surface area contributed by atoms with Gasteiger partial charge in [-0.25, -0.2) is 0 Å². The van der Waals surface area contributed by atoms with Gasteiger partial charge in [-0.15, -0.1) is 0 Å². The number of carbonyl (C=O) groups is 1. The van der Waals surface area contributed by atoms with Gasteiger partial charge in [0.25, 0.3) is 0 Å². The average Bonchev–Trinajstić information content (AvgIpc) is 1.73. The van der Waals surface area contributed by atoms with E-state index in [1.807, 2.05) is 6.92 Å². The summed E-state index contributed by atoms with van der Waals surface area (Å²) in [4.78, 5) is 11.6. The smallest absolute Gasteiger partial charge is 0.221 e. The third kappa shape index (κ3) is 8.43. The van der Waals surface area contributed by atoms with Crippen LogP contribution in [0, 0.1) is 5.41 Å². The number of amides is 1. The van der Waals surface area contributed by atoms with Gasteiger partial charge in [-0.05, 0) is 32.6 Å². The first-order valence-corrected chi connectivity index (χ1v) is 5.58. The maximum Gasteiger partial charge on any atom is 0.221 e. The molecule has 0 rings (SSSR count). The minimum Gasteiger partial charge on any atom is -0.351 e. The average molecular weight is 214 g/mol. The summed E-state index contributed by atoms with van der Waals surface area (Å²) < 4.78 is 0. The van der Waals surface area contributed by atoms with E-state index in [0.717, 1.165) is 6.42 Å². The second-order valence-corrected chi connectivity index (χ2v) is 6.35. The quantitative estimate of drug-likeness (QED) is 0.752. The summed E-state index contributed by atoms with van der Waals surface area (Å²) in [5.74, 6) is 0.0410. The molecule has 0 aliphatic heterocycles. The first-order valence-electron chi connectivity index (χ1n) is 5.58.